The predicted octanol–water partition coefficient (Wildman–Crippen LogP) is 4.18. The Bertz CT molecular complexity index is 516. The van der Waals surface area contributed by atoms with E-state index in [1.165, 1.54) is 0 Å². The summed E-state index contributed by atoms with van der Waals surface area (Å²) in [4.78, 5) is 11.4. The number of rotatable bonds is 2. The minimum Gasteiger partial charge on any atom is -0.508 e. The van der Waals surface area contributed by atoms with Gasteiger partial charge in [-0.2, -0.15) is 0 Å². The fourth-order valence-electron chi connectivity index (χ4n) is 2.67. The van der Waals surface area contributed by atoms with Crippen LogP contribution in [0, 0.1) is 0 Å². The molecule has 3 nitrogen and oxygen atoms in total. The number of benzene rings is 1. The lowest BCUT2D eigenvalue weighted by Crippen LogP contribution is -2.26. The van der Waals surface area contributed by atoms with Gasteiger partial charge in [0.05, 0.1) is 5.92 Å². The fraction of sp³-hybridized carbons (Fsp3) is 0.588. The van der Waals surface area contributed by atoms with Crippen molar-refractivity contribution in [2.24, 2.45) is 0 Å². The van der Waals surface area contributed by atoms with Crippen LogP contribution in [0.15, 0.2) is 12.1 Å². The number of carbonyl (C=O) groups is 1. The molecule has 112 valence electrons. The van der Waals surface area contributed by atoms with Crippen molar-refractivity contribution in [3.05, 3.63) is 28.8 Å². The molecule has 0 aliphatic rings. The first-order chi connectivity index (χ1) is 8.87. The number of carboxylic acid groups (broad SMARTS) is 1. The molecule has 1 unspecified atom stereocenters. The fourth-order valence-corrected chi connectivity index (χ4v) is 2.67. The van der Waals surface area contributed by atoms with Gasteiger partial charge in [0, 0.05) is 5.56 Å². The zero-order chi connectivity index (χ0) is 15.9. The van der Waals surface area contributed by atoms with Gasteiger partial charge in [-0.1, -0.05) is 47.6 Å². The van der Waals surface area contributed by atoms with Gasteiger partial charge in [0.2, 0.25) is 0 Å². The summed E-state index contributed by atoms with van der Waals surface area (Å²) in [5, 5.41) is 19.6. The van der Waals surface area contributed by atoms with E-state index in [9.17, 15) is 15.0 Å². The van der Waals surface area contributed by atoms with Crippen LogP contribution in [-0.2, 0) is 15.6 Å². The van der Waals surface area contributed by atoms with Gasteiger partial charge in [0.25, 0.3) is 0 Å². The Morgan fingerprint density at radius 3 is 1.80 bits per heavy atom. The maximum Gasteiger partial charge on any atom is 0.310 e. The standard InChI is InChI=1S/C17H26O3/c1-10(15(19)20)11-8-9-12(18)14(17(5,6)7)13(11)16(2,3)4/h8-10,18H,1-7H3,(H,19,20). The summed E-state index contributed by atoms with van der Waals surface area (Å²) in [5.74, 6) is -1.20. The number of carboxylic acids is 1. The summed E-state index contributed by atoms with van der Waals surface area (Å²) in [7, 11) is 0. The van der Waals surface area contributed by atoms with Gasteiger partial charge in [-0.3, -0.25) is 4.79 Å². The van der Waals surface area contributed by atoms with Gasteiger partial charge >= 0.3 is 5.97 Å². The third kappa shape index (κ3) is 3.14. The molecule has 0 spiro atoms. The molecule has 0 aliphatic carbocycles. The van der Waals surface area contributed by atoms with E-state index in [1.54, 1.807) is 19.1 Å². The summed E-state index contributed by atoms with van der Waals surface area (Å²) < 4.78 is 0. The number of aromatic hydroxyl groups is 1. The molecule has 3 heteroatoms. The van der Waals surface area contributed by atoms with Crippen LogP contribution in [0.3, 0.4) is 0 Å². The molecule has 0 saturated carbocycles. The van der Waals surface area contributed by atoms with E-state index in [-0.39, 0.29) is 16.6 Å². The van der Waals surface area contributed by atoms with E-state index < -0.39 is 11.9 Å². The molecule has 1 aromatic rings. The Hall–Kier alpha value is -1.51. The first-order valence-corrected chi connectivity index (χ1v) is 6.97. The predicted molar refractivity (Wildman–Crippen MR) is 81.6 cm³/mol. The third-order valence-corrected chi connectivity index (χ3v) is 3.55. The van der Waals surface area contributed by atoms with Crippen molar-refractivity contribution >= 4 is 5.97 Å². The van der Waals surface area contributed by atoms with Crippen molar-refractivity contribution in [1.29, 1.82) is 0 Å². The van der Waals surface area contributed by atoms with E-state index in [0.717, 1.165) is 16.7 Å². The number of aliphatic carboxylic acids is 1. The highest BCUT2D eigenvalue weighted by molar-refractivity contribution is 5.77. The lowest BCUT2D eigenvalue weighted by molar-refractivity contribution is -0.138. The molecule has 20 heavy (non-hydrogen) atoms. The molecule has 1 aromatic carbocycles. The van der Waals surface area contributed by atoms with Gasteiger partial charge in [-0.15, -0.1) is 0 Å². The lowest BCUT2D eigenvalue weighted by atomic mass is 9.71. The molecule has 0 amide bonds. The average Bonchev–Trinajstić information content (AvgIpc) is 2.24. The first kappa shape index (κ1) is 16.5. The summed E-state index contributed by atoms with van der Waals surface area (Å²) in [6.07, 6.45) is 0. The molecular weight excluding hydrogens is 252 g/mol. The van der Waals surface area contributed by atoms with Crippen molar-refractivity contribution in [3.63, 3.8) is 0 Å². The largest absolute Gasteiger partial charge is 0.508 e. The Balaban J connectivity index is 3.77. The SMILES string of the molecule is CC(C(=O)O)c1ccc(O)c(C(C)(C)C)c1C(C)(C)C. The highest BCUT2D eigenvalue weighted by Gasteiger charge is 2.33. The zero-order valence-corrected chi connectivity index (χ0v) is 13.5. The Labute approximate surface area is 121 Å². The second-order valence-electron chi connectivity index (χ2n) is 7.48. The maximum atomic E-state index is 11.4. The summed E-state index contributed by atoms with van der Waals surface area (Å²) in [5.41, 5.74) is 2.09. The van der Waals surface area contributed by atoms with Crippen molar-refractivity contribution in [2.75, 3.05) is 0 Å². The molecule has 1 rings (SSSR count). The Kier molecular flexibility index (Phi) is 4.23. The van der Waals surface area contributed by atoms with Crippen molar-refractivity contribution in [1.82, 2.24) is 0 Å². The van der Waals surface area contributed by atoms with Crippen LogP contribution in [0.1, 0.15) is 71.1 Å². The number of hydrogen-bond acceptors (Lipinski definition) is 2. The van der Waals surface area contributed by atoms with Gasteiger partial charge in [0.1, 0.15) is 5.75 Å². The van der Waals surface area contributed by atoms with Gasteiger partial charge in [-0.25, -0.2) is 0 Å². The van der Waals surface area contributed by atoms with E-state index in [0.29, 0.717) is 0 Å². The van der Waals surface area contributed by atoms with Crippen LogP contribution in [0.5, 0.6) is 5.75 Å². The van der Waals surface area contributed by atoms with E-state index in [4.69, 9.17) is 0 Å². The highest BCUT2D eigenvalue weighted by atomic mass is 16.4. The molecule has 2 N–H and O–H groups in total. The number of hydrogen-bond donors (Lipinski definition) is 2. The van der Waals surface area contributed by atoms with E-state index in [2.05, 4.69) is 20.8 Å². The topological polar surface area (TPSA) is 57.5 Å². The van der Waals surface area contributed by atoms with Crippen molar-refractivity contribution < 1.29 is 15.0 Å². The molecule has 0 aliphatic heterocycles. The quantitative estimate of drug-likeness (QED) is 0.853. The van der Waals surface area contributed by atoms with E-state index in [1.807, 2.05) is 20.8 Å². The monoisotopic (exact) mass is 278 g/mol. The molecule has 0 radical (unpaired) electrons. The average molecular weight is 278 g/mol. The van der Waals surface area contributed by atoms with E-state index >= 15 is 0 Å². The van der Waals surface area contributed by atoms with Crippen LogP contribution in [0.2, 0.25) is 0 Å². The smallest absolute Gasteiger partial charge is 0.310 e. The lowest BCUT2D eigenvalue weighted by Gasteiger charge is -2.34. The normalized spacial score (nSPS) is 14.2. The van der Waals surface area contributed by atoms with Crippen LogP contribution in [-0.4, -0.2) is 16.2 Å². The molecule has 0 aromatic heterocycles. The van der Waals surface area contributed by atoms with Crippen LogP contribution in [0.25, 0.3) is 0 Å². The minimum absolute atomic E-state index is 0.236. The molecule has 0 heterocycles. The second-order valence-corrected chi connectivity index (χ2v) is 7.48. The Morgan fingerprint density at radius 2 is 1.45 bits per heavy atom. The molecule has 0 bridgehead atoms. The minimum atomic E-state index is -0.846. The highest BCUT2D eigenvalue weighted by Crippen LogP contribution is 2.43. The van der Waals surface area contributed by atoms with Gasteiger partial charge in [-0.05, 0) is 34.9 Å². The Morgan fingerprint density at radius 1 is 1.00 bits per heavy atom. The summed E-state index contributed by atoms with van der Waals surface area (Å²) in [6, 6.07) is 3.36. The van der Waals surface area contributed by atoms with Gasteiger partial charge in [0.15, 0.2) is 0 Å². The molecule has 0 saturated heterocycles. The number of phenols is 1. The third-order valence-electron chi connectivity index (χ3n) is 3.55. The van der Waals surface area contributed by atoms with Crippen molar-refractivity contribution in [2.45, 2.75) is 65.2 Å². The maximum absolute atomic E-state index is 11.4. The number of phenolic OH excluding ortho intramolecular Hbond substituents is 1. The van der Waals surface area contributed by atoms with Gasteiger partial charge < -0.3 is 10.2 Å². The first-order valence-electron chi connectivity index (χ1n) is 6.97. The summed E-state index contributed by atoms with van der Waals surface area (Å²) in [6.45, 7) is 13.9. The zero-order valence-electron chi connectivity index (χ0n) is 13.5. The molecule has 1 atom stereocenters. The van der Waals surface area contributed by atoms with Crippen LogP contribution >= 0.6 is 0 Å². The summed E-state index contributed by atoms with van der Waals surface area (Å²) >= 11 is 0. The second kappa shape index (κ2) is 5.12. The van der Waals surface area contributed by atoms with Crippen LogP contribution in [0.4, 0.5) is 0 Å². The molecular formula is C17H26O3. The molecule has 0 fully saturated rings. The van der Waals surface area contributed by atoms with Crippen molar-refractivity contribution in [3.8, 4) is 5.75 Å². The van der Waals surface area contributed by atoms with Crippen LogP contribution < -0.4 is 0 Å².